The van der Waals surface area contributed by atoms with Crippen LogP contribution in [0, 0.1) is 10.1 Å². The smallest absolute Gasteiger partial charge is 0.269 e. The van der Waals surface area contributed by atoms with Crippen molar-refractivity contribution >= 4 is 5.69 Å². The van der Waals surface area contributed by atoms with E-state index >= 15 is 0 Å². The number of non-ortho nitro benzene ring substituents is 1. The first-order valence-corrected chi connectivity index (χ1v) is 5.62. The lowest BCUT2D eigenvalue weighted by Gasteiger charge is -2.29. The normalized spacial score (nSPS) is 24.6. The van der Waals surface area contributed by atoms with Gasteiger partial charge in [-0.1, -0.05) is 12.2 Å². The van der Waals surface area contributed by atoms with Crippen LogP contribution in [0.2, 0.25) is 0 Å². The average molecular weight is 233 g/mol. The van der Waals surface area contributed by atoms with Crippen molar-refractivity contribution in [1.29, 1.82) is 0 Å². The molecule has 1 saturated heterocycles. The van der Waals surface area contributed by atoms with Crippen molar-refractivity contribution in [1.82, 2.24) is 0 Å². The predicted molar refractivity (Wildman–Crippen MR) is 64.8 cm³/mol. The molecule has 1 aliphatic rings. The zero-order valence-corrected chi connectivity index (χ0v) is 9.76. The van der Waals surface area contributed by atoms with Gasteiger partial charge in [-0.05, 0) is 37.5 Å². The fraction of sp³-hybridized carbons (Fsp3) is 0.385. The summed E-state index contributed by atoms with van der Waals surface area (Å²) in [7, 11) is 0. The molecule has 4 nitrogen and oxygen atoms in total. The second-order valence-corrected chi connectivity index (χ2v) is 4.44. The van der Waals surface area contributed by atoms with Gasteiger partial charge < -0.3 is 4.74 Å². The van der Waals surface area contributed by atoms with E-state index in [0.29, 0.717) is 0 Å². The summed E-state index contributed by atoms with van der Waals surface area (Å²) in [4.78, 5) is 10.2. The third-order valence-electron chi connectivity index (χ3n) is 2.92. The van der Waals surface area contributed by atoms with Crippen molar-refractivity contribution in [2.45, 2.75) is 32.0 Å². The summed E-state index contributed by atoms with van der Waals surface area (Å²) >= 11 is 0. The van der Waals surface area contributed by atoms with E-state index in [0.717, 1.165) is 18.4 Å². The third-order valence-corrected chi connectivity index (χ3v) is 2.92. The molecule has 0 radical (unpaired) electrons. The summed E-state index contributed by atoms with van der Waals surface area (Å²) in [6.07, 6.45) is 1.83. The van der Waals surface area contributed by atoms with E-state index in [2.05, 4.69) is 6.58 Å². The molecular weight excluding hydrogens is 218 g/mol. The summed E-state index contributed by atoms with van der Waals surface area (Å²) in [5, 5.41) is 10.6. The fourth-order valence-electron chi connectivity index (χ4n) is 2.14. The van der Waals surface area contributed by atoms with Gasteiger partial charge in [-0.2, -0.15) is 0 Å². The van der Waals surface area contributed by atoms with Crippen LogP contribution in [0.25, 0.3) is 0 Å². The summed E-state index contributed by atoms with van der Waals surface area (Å²) in [5.74, 6) is 0. The molecule has 0 aromatic heterocycles. The van der Waals surface area contributed by atoms with Gasteiger partial charge in [-0.15, -0.1) is 0 Å². The van der Waals surface area contributed by atoms with Gasteiger partial charge in [0.05, 0.1) is 17.1 Å². The highest BCUT2D eigenvalue weighted by Crippen LogP contribution is 2.34. The molecule has 1 heterocycles. The van der Waals surface area contributed by atoms with Crippen LogP contribution in [-0.2, 0) is 4.74 Å². The second kappa shape index (κ2) is 4.67. The highest BCUT2D eigenvalue weighted by Gasteiger charge is 2.23. The SMILES string of the molecule is C=C1C[C@@H](c2ccc([N+](=O)[O-])cc2)O[C@@H](C)C1. The topological polar surface area (TPSA) is 52.4 Å². The van der Waals surface area contributed by atoms with Crippen LogP contribution in [0.5, 0.6) is 0 Å². The minimum Gasteiger partial charge on any atom is -0.370 e. The van der Waals surface area contributed by atoms with Crippen molar-refractivity contribution in [2.24, 2.45) is 0 Å². The van der Waals surface area contributed by atoms with E-state index in [1.165, 1.54) is 17.7 Å². The lowest BCUT2D eigenvalue weighted by atomic mass is 9.95. The Morgan fingerprint density at radius 2 is 2.00 bits per heavy atom. The molecule has 0 unspecified atom stereocenters. The largest absolute Gasteiger partial charge is 0.370 e. The zero-order chi connectivity index (χ0) is 12.4. The Kier molecular flexibility index (Phi) is 3.24. The van der Waals surface area contributed by atoms with Crippen molar-refractivity contribution in [3.05, 3.63) is 52.1 Å². The second-order valence-electron chi connectivity index (χ2n) is 4.44. The molecule has 1 aliphatic heterocycles. The van der Waals surface area contributed by atoms with Gasteiger partial charge in [0.25, 0.3) is 5.69 Å². The van der Waals surface area contributed by atoms with Crippen LogP contribution in [0.1, 0.15) is 31.4 Å². The molecule has 0 saturated carbocycles. The first kappa shape index (κ1) is 11.8. The van der Waals surface area contributed by atoms with Crippen LogP contribution in [-0.4, -0.2) is 11.0 Å². The Bertz CT molecular complexity index is 438. The van der Waals surface area contributed by atoms with Crippen molar-refractivity contribution in [2.75, 3.05) is 0 Å². The minimum absolute atomic E-state index is 0.0212. The molecular formula is C13H15NO3. The maximum atomic E-state index is 10.6. The summed E-state index contributed by atoms with van der Waals surface area (Å²) < 4.78 is 5.81. The van der Waals surface area contributed by atoms with Crippen LogP contribution in [0.3, 0.4) is 0 Å². The van der Waals surface area contributed by atoms with Crippen LogP contribution < -0.4 is 0 Å². The monoisotopic (exact) mass is 233 g/mol. The number of rotatable bonds is 2. The first-order chi connectivity index (χ1) is 8.06. The molecule has 1 aromatic rings. The summed E-state index contributed by atoms with van der Waals surface area (Å²) in [6, 6.07) is 6.55. The Balaban J connectivity index is 2.16. The molecule has 0 N–H and O–H groups in total. The lowest BCUT2D eigenvalue weighted by molar-refractivity contribution is -0.384. The molecule has 90 valence electrons. The average Bonchev–Trinajstić information content (AvgIpc) is 2.28. The van der Waals surface area contributed by atoms with Gasteiger partial charge >= 0.3 is 0 Å². The highest BCUT2D eigenvalue weighted by atomic mass is 16.6. The Morgan fingerprint density at radius 3 is 2.53 bits per heavy atom. The summed E-state index contributed by atoms with van der Waals surface area (Å²) in [6.45, 7) is 6.01. The van der Waals surface area contributed by atoms with Crippen molar-refractivity contribution in [3.63, 3.8) is 0 Å². The van der Waals surface area contributed by atoms with Crippen molar-refractivity contribution in [3.8, 4) is 0 Å². The van der Waals surface area contributed by atoms with Gasteiger partial charge in [-0.25, -0.2) is 0 Å². The Labute approximate surface area is 100 Å². The van der Waals surface area contributed by atoms with E-state index in [1.807, 2.05) is 6.92 Å². The van der Waals surface area contributed by atoms with Gasteiger partial charge in [-0.3, -0.25) is 10.1 Å². The van der Waals surface area contributed by atoms with E-state index < -0.39 is 4.92 Å². The van der Waals surface area contributed by atoms with Gasteiger partial charge in [0.15, 0.2) is 0 Å². The lowest BCUT2D eigenvalue weighted by Crippen LogP contribution is -2.20. The van der Waals surface area contributed by atoms with Crippen LogP contribution >= 0.6 is 0 Å². The maximum absolute atomic E-state index is 10.6. The molecule has 1 aromatic carbocycles. The Hall–Kier alpha value is -1.68. The number of hydrogen-bond acceptors (Lipinski definition) is 3. The van der Waals surface area contributed by atoms with E-state index in [1.54, 1.807) is 12.1 Å². The van der Waals surface area contributed by atoms with E-state index in [-0.39, 0.29) is 17.9 Å². The minimum atomic E-state index is -0.396. The number of nitrogens with zero attached hydrogens (tertiary/aromatic N) is 1. The molecule has 1 fully saturated rings. The van der Waals surface area contributed by atoms with Gasteiger partial charge in [0.1, 0.15) is 0 Å². The van der Waals surface area contributed by atoms with Crippen molar-refractivity contribution < 1.29 is 9.66 Å². The van der Waals surface area contributed by atoms with Crippen LogP contribution in [0.15, 0.2) is 36.4 Å². The molecule has 2 rings (SSSR count). The number of hydrogen-bond donors (Lipinski definition) is 0. The van der Waals surface area contributed by atoms with Gasteiger partial charge in [0, 0.05) is 12.1 Å². The number of ether oxygens (including phenoxy) is 1. The summed E-state index contributed by atoms with van der Waals surface area (Å²) in [5.41, 5.74) is 2.26. The molecule has 0 spiro atoms. The number of benzene rings is 1. The van der Waals surface area contributed by atoms with Gasteiger partial charge in [0.2, 0.25) is 0 Å². The first-order valence-electron chi connectivity index (χ1n) is 5.62. The Morgan fingerprint density at radius 1 is 1.35 bits per heavy atom. The fourth-order valence-corrected chi connectivity index (χ4v) is 2.14. The standard InChI is InChI=1S/C13H15NO3/c1-9-7-10(2)17-13(8-9)11-3-5-12(6-4-11)14(15)16/h3-6,10,13H,1,7-8H2,2H3/t10-,13-/m0/s1. The van der Waals surface area contributed by atoms with Crippen LogP contribution in [0.4, 0.5) is 5.69 Å². The number of nitro groups is 1. The molecule has 4 heteroatoms. The highest BCUT2D eigenvalue weighted by molar-refractivity contribution is 5.34. The molecule has 0 aliphatic carbocycles. The maximum Gasteiger partial charge on any atom is 0.269 e. The van der Waals surface area contributed by atoms with E-state index in [9.17, 15) is 10.1 Å². The zero-order valence-electron chi connectivity index (χ0n) is 9.76. The molecule has 17 heavy (non-hydrogen) atoms. The van der Waals surface area contributed by atoms with E-state index in [4.69, 9.17) is 4.74 Å². The molecule has 0 bridgehead atoms. The number of nitro benzene ring substituents is 1. The predicted octanol–water partition coefficient (Wildman–Crippen LogP) is 3.39. The molecule has 0 amide bonds. The quantitative estimate of drug-likeness (QED) is 0.447. The third kappa shape index (κ3) is 2.71. The molecule has 2 atom stereocenters.